The Hall–Kier alpha value is -2.71. The summed E-state index contributed by atoms with van der Waals surface area (Å²) < 4.78 is 10.9. The van der Waals surface area contributed by atoms with E-state index in [1.807, 2.05) is 25.1 Å². The SMILES string of the molecule is COC(=O)N1c2cccc(Oc3ccc(Cl)cc3C#N)c2CCC1C. The van der Waals surface area contributed by atoms with Crippen LogP contribution in [-0.2, 0) is 11.2 Å². The number of ether oxygens (including phenoxy) is 2. The maximum Gasteiger partial charge on any atom is 0.414 e. The number of carbonyl (C=O) groups is 1. The standard InChI is InChI=1S/C19H17ClN2O3/c1-12-6-8-15-16(22(12)19(23)24-2)4-3-5-18(15)25-17-9-7-14(20)10-13(17)11-21/h3-5,7,9-10,12H,6,8H2,1-2H3. The molecule has 1 amide bonds. The van der Waals surface area contributed by atoms with Crippen molar-refractivity contribution in [2.24, 2.45) is 0 Å². The van der Waals surface area contributed by atoms with E-state index in [4.69, 9.17) is 21.1 Å². The quantitative estimate of drug-likeness (QED) is 0.766. The minimum Gasteiger partial charge on any atom is -0.456 e. The molecule has 2 aromatic rings. The van der Waals surface area contributed by atoms with Gasteiger partial charge in [-0.3, -0.25) is 4.90 Å². The van der Waals surface area contributed by atoms with E-state index >= 15 is 0 Å². The zero-order valence-electron chi connectivity index (χ0n) is 14.0. The van der Waals surface area contributed by atoms with Crippen molar-refractivity contribution in [3.05, 3.63) is 52.5 Å². The Morgan fingerprint density at radius 1 is 1.32 bits per heavy atom. The zero-order chi connectivity index (χ0) is 18.0. The molecule has 128 valence electrons. The largest absolute Gasteiger partial charge is 0.456 e. The summed E-state index contributed by atoms with van der Waals surface area (Å²) in [5, 5.41) is 9.76. The molecule has 0 saturated heterocycles. The summed E-state index contributed by atoms with van der Waals surface area (Å²) in [6, 6.07) is 12.6. The van der Waals surface area contributed by atoms with Crippen LogP contribution in [0, 0.1) is 11.3 Å². The molecular formula is C19H17ClN2O3. The number of nitrogens with zero attached hydrogens (tertiary/aromatic N) is 2. The van der Waals surface area contributed by atoms with Gasteiger partial charge in [-0.2, -0.15) is 5.26 Å². The third kappa shape index (κ3) is 3.26. The lowest BCUT2D eigenvalue weighted by Crippen LogP contribution is -2.42. The Balaban J connectivity index is 2.02. The topological polar surface area (TPSA) is 62.6 Å². The van der Waals surface area contributed by atoms with Crippen LogP contribution in [0.4, 0.5) is 10.5 Å². The van der Waals surface area contributed by atoms with Crippen LogP contribution in [0.2, 0.25) is 5.02 Å². The molecular weight excluding hydrogens is 340 g/mol. The van der Waals surface area contributed by atoms with E-state index in [2.05, 4.69) is 6.07 Å². The first-order chi connectivity index (χ1) is 12.0. The van der Waals surface area contributed by atoms with Crippen LogP contribution in [0.15, 0.2) is 36.4 Å². The third-order valence-electron chi connectivity index (χ3n) is 4.27. The van der Waals surface area contributed by atoms with Crippen LogP contribution < -0.4 is 9.64 Å². The van der Waals surface area contributed by atoms with E-state index in [0.717, 1.165) is 24.1 Å². The summed E-state index contributed by atoms with van der Waals surface area (Å²) in [6.45, 7) is 1.99. The predicted molar refractivity (Wildman–Crippen MR) is 95.4 cm³/mol. The van der Waals surface area contributed by atoms with Crippen molar-refractivity contribution in [2.45, 2.75) is 25.8 Å². The van der Waals surface area contributed by atoms with E-state index in [1.165, 1.54) is 7.11 Å². The van der Waals surface area contributed by atoms with Crippen LogP contribution >= 0.6 is 11.6 Å². The molecule has 5 nitrogen and oxygen atoms in total. The van der Waals surface area contributed by atoms with Gasteiger partial charge in [0.15, 0.2) is 0 Å². The molecule has 0 aromatic heterocycles. The number of amides is 1. The molecule has 1 aliphatic heterocycles. The zero-order valence-corrected chi connectivity index (χ0v) is 14.7. The van der Waals surface area contributed by atoms with Crippen LogP contribution in [0.3, 0.4) is 0 Å². The molecule has 0 bridgehead atoms. The number of benzene rings is 2. The average Bonchev–Trinajstić information content (AvgIpc) is 2.62. The van der Waals surface area contributed by atoms with Crippen LogP contribution in [0.25, 0.3) is 0 Å². The fraction of sp³-hybridized carbons (Fsp3) is 0.263. The fourth-order valence-corrected chi connectivity index (χ4v) is 3.19. The first-order valence-electron chi connectivity index (χ1n) is 7.91. The van der Waals surface area contributed by atoms with Gasteiger partial charge >= 0.3 is 6.09 Å². The number of fused-ring (bicyclic) bond motifs is 1. The molecule has 0 spiro atoms. The van der Waals surface area contributed by atoms with Crippen LogP contribution in [0.5, 0.6) is 11.5 Å². The van der Waals surface area contributed by atoms with E-state index in [-0.39, 0.29) is 6.04 Å². The fourth-order valence-electron chi connectivity index (χ4n) is 3.02. The molecule has 1 aliphatic rings. The lowest BCUT2D eigenvalue weighted by Gasteiger charge is -2.34. The smallest absolute Gasteiger partial charge is 0.414 e. The van der Waals surface area contributed by atoms with Crippen molar-refractivity contribution < 1.29 is 14.3 Å². The van der Waals surface area contributed by atoms with Crippen molar-refractivity contribution in [1.29, 1.82) is 5.26 Å². The number of halogens is 1. The summed E-state index contributed by atoms with van der Waals surface area (Å²) in [7, 11) is 1.37. The number of carbonyl (C=O) groups excluding carboxylic acids is 1. The maximum absolute atomic E-state index is 12.2. The average molecular weight is 357 g/mol. The first-order valence-corrected chi connectivity index (χ1v) is 8.29. The van der Waals surface area contributed by atoms with Crippen LogP contribution in [0.1, 0.15) is 24.5 Å². The molecule has 0 fully saturated rings. The van der Waals surface area contributed by atoms with Crippen molar-refractivity contribution >= 4 is 23.4 Å². The van der Waals surface area contributed by atoms with E-state index in [0.29, 0.717) is 22.1 Å². The molecule has 25 heavy (non-hydrogen) atoms. The summed E-state index contributed by atoms with van der Waals surface area (Å²) in [4.78, 5) is 13.8. The van der Waals surface area contributed by atoms with Gasteiger partial charge in [-0.05, 0) is 50.1 Å². The number of hydrogen-bond donors (Lipinski definition) is 0. The van der Waals surface area contributed by atoms with Gasteiger partial charge in [0, 0.05) is 16.6 Å². The number of hydrogen-bond acceptors (Lipinski definition) is 4. The predicted octanol–water partition coefficient (Wildman–Crippen LogP) is 4.91. The van der Waals surface area contributed by atoms with Gasteiger partial charge in [0.2, 0.25) is 0 Å². The first kappa shape index (κ1) is 17.1. The molecule has 3 rings (SSSR count). The number of anilines is 1. The Bertz CT molecular complexity index is 860. The van der Waals surface area contributed by atoms with Crippen LogP contribution in [-0.4, -0.2) is 19.2 Å². The maximum atomic E-state index is 12.2. The second kappa shape index (κ2) is 7.04. The molecule has 1 atom stereocenters. The number of rotatable bonds is 2. The molecule has 0 saturated carbocycles. The molecule has 2 aromatic carbocycles. The Labute approximate surface area is 151 Å². The van der Waals surface area contributed by atoms with Crippen molar-refractivity contribution in [3.63, 3.8) is 0 Å². The summed E-state index contributed by atoms with van der Waals surface area (Å²) in [5.41, 5.74) is 2.06. The van der Waals surface area contributed by atoms with Gasteiger partial charge in [0.05, 0.1) is 18.4 Å². The third-order valence-corrected chi connectivity index (χ3v) is 4.51. The van der Waals surface area contributed by atoms with Gasteiger partial charge in [0.25, 0.3) is 0 Å². The van der Waals surface area contributed by atoms with E-state index < -0.39 is 6.09 Å². The number of nitriles is 1. The highest BCUT2D eigenvalue weighted by Gasteiger charge is 2.30. The van der Waals surface area contributed by atoms with Crippen molar-refractivity contribution in [2.75, 3.05) is 12.0 Å². The van der Waals surface area contributed by atoms with Gasteiger partial charge < -0.3 is 9.47 Å². The molecule has 6 heteroatoms. The second-order valence-corrected chi connectivity index (χ2v) is 6.27. The highest BCUT2D eigenvalue weighted by atomic mass is 35.5. The number of methoxy groups -OCH3 is 1. The molecule has 1 heterocycles. The second-order valence-electron chi connectivity index (χ2n) is 5.84. The van der Waals surface area contributed by atoms with E-state index in [9.17, 15) is 10.1 Å². The molecule has 0 radical (unpaired) electrons. The summed E-state index contributed by atoms with van der Waals surface area (Å²) >= 11 is 5.94. The van der Waals surface area contributed by atoms with Gasteiger partial charge in [0.1, 0.15) is 17.6 Å². The highest BCUT2D eigenvalue weighted by Crippen LogP contribution is 2.39. The molecule has 0 N–H and O–H groups in total. The lowest BCUT2D eigenvalue weighted by atomic mass is 9.96. The molecule has 1 unspecified atom stereocenters. The van der Waals surface area contributed by atoms with E-state index in [1.54, 1.807) is 23.1 Å². The Kier molecular flexibility index (Phi) is 4.82. The minimum absolute atomic E-state index is 0.0420. The highest BCUT2D eigenvalue weighted by molar-refractivity contribution is 6.30. The summed E-state index contributed by atoms with van der Waals surface area (Å²) in [5.74, 6) is 1.06. The van der Waals surface area contributed by atoms with Crippen molar-refractivity contribution in [3.8, 4) is 17.6 Å². The van der Waals surface area contributed by atoms with Gasteiger partial charge in [-0.15, -0.1) is 0 Å². The van der Waals surface area contributed by atoms with Gasteiger partial charge in [-0.25, -0.2) is 4.79 Å². The van der Waals surface area contributed by atoms with Crippen molar-refractivity contribution in [1.82, 2.24) is 0 Å². The molecule has 0 aliphatic carbocycles. The van der Waals surface area contributed by atoms with Gasteiger partial charge in [-0.1, -0.05) is 17.7 Å². The Morgan fingerprint density at radius 3 is 2.84 bits per heavy atom. The lowest BCUT2D eigenvalue weighted by molar-refractivity contribution is 0.175. The Morgan fingerprint density at radius 2 is 2.12 bits per heavy atom. The monoisotopic (exact) mass is 356 g/mol. The normalized spacial score (nSPS) is 15.9. The minimum atomic E-state index is -0.394. The summed E-state index contributed by atoms with van der Waals surface area (Å²) in [6.07, 6.45) is 1.18.